The lowest BCUT2D eigenvalue weighted by Crippen LogP contribution is -1.89. The highest BCUT2D eigenvalue weighted by Gasteiger charge is 1.99. The van der Waals surface area contributed by atoms with E-state index in [0.29, 0.717) is 6.42 Å². The molecule has 0 aliphatic rings. The molecule has 0 N–H and O–H groups in total. The van der Waals surface area contributed by atoms with Crippen LogP contribution in [0.5, 0.6) is 0 Å². The van der Waals surface area contributed by atoms with Crippen LogP contribution in [0.2, 0.25) is 6.04 Å². The Hall–Kier alpha value is 0.0769. The van der Waals surface area contributed by atoms with Crippen LogP contribution >= 0.6 is 0 Å². The van der Waals surface area contributed by atoms with Gasteiger partial charge in [0.2, 0.25) is 6.43 Å². The molecule has 0 amide bonds. The first-order chi connectivity index (χ1) is 7.68. The maximum atomic E-state index is 11.6. The first-order valence-electron chi connectivity index (χ1n) is 6.97. The summed E-state index contributed by atoms with van der Waals surface area (Å²) in [4.78, 5) is 0. The number of unbranched alkanes of at least 4 members (excludes halogenated alkanes) is 6. The summed E-state index contributed by atoms with van der Waals surface area (Å²) in [5.74, 6) is 0. The van der Waals surface area contributed by atoms with Crippen LogP contribution in [0.25, 0.3) is 0 Å². The first kappa shape index (κ1) is 18.4. The minimum Gasteiger partial charge on any atom is -0.211 e. The highest BCUT2D eigenvalue weighted by Crippen LogP contribution is 2.09. The molecule has 0 heterocycles. The van der Waals surface area contributed by atoms with Crippen LogP contribution in [0.4, 0.5) is 8.78 Å². The van der Waals surface area contributed by atoms with Gasteiger partial charge in [-0.2, -0.15) is 0 Å². The summed E-state index contributed by atoms with van der Waals surface area (Å²) in [6.07, 6.45) is 7.64. The summed E-state index contributed by atoms with van der Waals surface area (Å²) in [7, 11) is 1.26. The summed E-state index contributed by atoms with van der Waals surface area (Å²) in [5.41, 5.74) is 0. The second-order valence-electron chi connectivity index (χ2n) is 4.30. The number of halogens is 2. The predicted octanol–water partition coefficient (Wildman–Crippen LogP) is 4.57. The van der Waals surface area contributed by atoms with Gasteiger partial charge < -0.3 is 0 Å². The molecule has 0 saturated carbocycles. The van der Waals surface area contributed by atoms with E-state index in [1.165, 1.54) is 48.4 Å². The van der Waals surface area contributed by atoms with E-state index in [4.69, 9.17) is 0 Å². The van der Waals surface area contributed by atoms with Crippen LogP contribution < -0.4 is 0 Å². The quantitative estimate of drug-likeness (QED) is 0.416. The molecule has 0 aliphatic heterocycles. The van der Waals surface area contributed by atoms with E-state index >= 15 is 0 Å². The SMILES string of the molecule is CCCCCC.FC(F)CCCCCC[SiH3]. The van der Waals surface area contributed by atoms with Crippen molar-refractivity contribution in [1.29, 1.82) is 0 Å². The molecule has 0 aromatic carbocycles. The largest absolute Gasteiger partial charge is 0.238 e. The monoisotopic (exact) mass is 252 g/mol. The standard InChI is InChI=1S/C7H16F2Si.C6H14/c8-7(9)5-3-1-2-4-6-10;1-3-5-6-4-2/h7H,1-6H2,10H3;3-6H2,1-2H3. The van der Waals surface area contributed by atoms with Gasteiger partial charge in [0.25, 0.3) is 0 Å². The molecule has 100 valence electrons. The Labute approximate surface area is 104 Å². The zero-order chi connectivity index (χ0) is 12.6. The van der Waals surface area contributed by atoms with E-state index in [1.807, 2.05) is 0 Å². The van der Waals surface area contributed by atoms with E-state index in [0.717, 1.165) is 12.8 Å². The van der Waals surface area contributed by atoms with Gasteiger partial charge in [0.05, 0.1) is 0 Å². The van der Waals surface area contributed by atoms with Crippen molar-refractivity contribution in [2.75, 3.05) is 0 Å². The molecule has 0 aliphatic carbocycles. The van der Waals surface area contributed by atoms with E-state index in [1.54, 1.807) is 0 Å². The van der Waals surface area contributed by atoms with Crippen molar-refractivity contribution in [2.45, 2.75) is 84.1 Å². The third-order valence-electron chi connectivity index (χ3n) is 2.48. The van der Waals surface area contributed by atoms with Gasteiger partial charge in [0.1, 0.15) is 0 Å². The summed E-state index contributed by atoms with van der Waals surface area (Å²) in [6, 6.07) is 1.31. The average Bonchev–Trinajstić information content (AvgIpc) is 2.26. The Bertz CT molecular complexity index is 104. The zero-order valence-electron chi connectivity index (χ0n) is 11.4. The Morgan fingerprint density at radius 3 is 1.69 bits per heavy atom. The number of alkyl halides is 2. The molecule has 16 heavy (non-hydrogen) atoms. The van der Waals surface area contributed by atoms with Crippen LogP contribution in [0.3, 0.4) is 0 Å². The Morgan fingerprint density at radius 2 is 1.31 bits per heavy atom. The van der Waals surface area contributed by atoms with Gasteiger partial charge in [-0.15, -0.1) is 0 Å². The fourth-order valence-corrected chi connectivity index (χ4v) is 1.90. The predicted molar refractivity (Wildman–Crippen MR) is 73.7 cm³/mol. The molecule has 0 aromatic rings. The highest BCUT2D eigenvalue weighted by molar-refractivity contribution is 6.08. The maximum Gasteiger partial charge on any atom is 0.238 e. The lowest BCUT2D eigenvalue weighted by Gasteiger charge is -1.98. The summed E-state index contributed by atoms with van der Waals surface area (Å²) in [6.45, 7) is 4.46. The third-order valence-corrected chi connectivity index (χ3v) is 3.19. The van der Waals surface area contributed by atoms with Crippen LogP contribution in [-0.2, 0) is 0 Å². The summed E-state index contributed by atoms with van der Waals surface area (Å²) >= 11 is 0. The van der Waals surface area contributed by atoms with Gasteiger partial charge in [0.15, 0.2) is 0 Å². The minimum absolute atomic E-state index is 0.0984. The molecule has 0 fully saturated rings. The van der Waals surface area contributed by atoms with E-state index in [-0.39, 0.29) is 6.42 Å². The third kappa shape index (κ3) is 23.7. The summed E-state index contributed by atoms with van der Waals surface area (Å²) in [5, 5.41) is 0. The molecule has 0 atom stereocenters. The Kier molecular flexibility index (Phi) is 20.1. The van der Waals surface area contributed by atoms with E-state index in [9.17, 15) is 8.78 Å². The Balaban J connectivity index is 0. The van der Waals surface area contributed by atoms with Crippen molar-refractivity contribution in [1.82, 2.24) is 0 Å². The van der Waals surface area contributed by atoms with E-state index in [2.05, 4.69) is 13.8 Å². The van der Waals surface area contributed by atoms with Gasteiger partial charge in [0, 0.05) is 16.7 Å². The van der Waals surface area contributed by atoms with Gasteiger partial charge in [-0.25, -0.2) is 8.78 Å². The van der Waals surface area contributed by atoms with Crippen molar-refractivity contribution in [3.8, 4) is 0 Å². The van der Waals surface area contributed by atoms with Crippen molar-refractivity contribution < 1.29 is 8.78 Å². The molecule has 0 saturated heterocycles. The molecular weight excluding hydrogens is 222 g/mol. The van der Waals surface area contributed by atoms with Gasteiger partial charge >= 0.3 is 0 Å². The van der Waals surface area contributed by atoms with Gasteiger partial charge in [-0.3, -0.25) is 0 Å². The number of rotatable bonds is 9. The molecular formula is C13H30F2Si. The van der Waals surface area contributed by atoms with Gasteiger partial charge in [-0.1, -0.05) is 64.8 Å². The number of hydrogen-bond acceptors (Lipinski definition) is 0. The van der Waals surface area contributed by atoms with Crippen molar-refractivity contribution in [3.05, 3.63) is 0 Å². The van der Waals surface area contributed by atoms with Crippen molar-refractivity contribution in [2.24, 2.45) is 0 Å². The molecule has 3 heteroatoms. The molecule has 0 unspecified atom stereocenters. The fourth-order valence-electron chi connectivity index (χ4n) is 1.40. The molecule has 0 bridgehead atoms. The smallest absolute Gasteiger partial charge is 0.211 e. The average molecular weight is 252 g/mol. The summed E-state index contributed by atoms with van der Waals surface area (Å²) < 4.78 is 23.1. The van der Waals surface area contributed by atoms with Crippen molar-refractivity contribution >= 4 is 10.2 Å². The first-order valence-corrected chi connectivity index (χ1v) is 8.38. The van der Waals surface area contributed by atoms with E-state index < -0.39 is 6.43 Å². The second-order valence-corrected chi connectivity index (χ2v) is 5.30. The van der Waals surface area contributed by atoms with Crippen LogP contribution in [0.15, 0.2) is 0 Å². The topological polar surface area (TPSA) is 0 Å². The zero-order valence-corrected chi connectivity index (χ0v) is 13.4. The number of hydrogen-bond donors (Lipinski definition) is 0. The minimum atomic E-state index is -2.09. The molecule has 0 aromatic heterocycles. The molecule has 0 rings (SSSR count). The van der Waals surface area contributed by atoms with Gasteiger partial charge in [-0.05, 0) is 6.42 Å². The Morgan fingerprint density at radius 1 is 0.812 bits per heavy atom. The lowest BCUT2D eigenvalue weighted by molar-refractivity contribution is 0.134. The highest BCUT2D eigenvalue weighted by atomic mass is 28.1. The fraction of sp³-hybridized carbons (Fsp3) is 1.00. The maximum absolute atomic E-state index is 11.6. The molecule has 0 radical (unpaired) electrons. The van der Waals surface area contributed by atoms with Crippen LogP contribution in [0, 0.1) is 0 Å². The lowest BCUT2D eigenvalue weighted by atomic mass is 10.2. The molecule has 0 nitrogen and oxygen atoms in total. The van der Waals surface area contributed by atoms with Crippen molar-refractivity contribution in [3.63, 3.8) is 0 Å². The van der Waals surface area contributed by atoms with Crippen LogP contribution in [-0.4, -0.2) is 16.7 Å². The van der Waals surface area contributed by atoms with Crippen LogP contribution in [0.1, 0.15) is 71.6 Å². The second kappa shape index (κ2) is 17.5. The molecule has 0 spiro atoms. The normalized spacial score (nSPS) is 10.3.